The predicted octanol–water partition coefficient (Wildman–Crippen LogP) is 2.97. The zero-order valence-electron chi connectivity index (χ0n) is 11.2. The number of hydrazine groups is 1. The van der Waals surface area contributed by atoms with Gasteiger partial charge in [-0.25, -0.2) is 0 Å². The van der Waals surface area contributed by atoms with Gasteiger partial charge in [-0.1, -0.05) is 28.1 Å². The highest BCUT2D eigenvalue weighted by Crippen LogP contribution is 2.21. The number of aromatic nitrogens is 2. The van der Waals surface area contributed by atoms with Crippen molar-refractivity contribution in [3.63, 3.8) is 0 Å². The van der Waals surface area contributed by atoms with Crippen LogP contribution >= 0.6 is 15.9 Å². The molecule has 0 amide bonds. The number of benzene rings is 1. The minimum Gasteiger partial charge on any atom is -0.271 e. The van der Waals surface area contributed by atoms with Crippen LogP contribution < -0.4 is 11.3 Å². The monoisotopic (exact) mass is 322 g/mol. The van der Waals surface area contributed by atoms with E-state index in [0.29, 0.717) is 6.04 Å². The van der Waals surface area contributed by atoms with E-state index in [1.807, 2.05) is 29.1 Å². The van der Waals surface area contributed by atoms with Crippen LogP contribution in [0.3, 0.4) is 0 Å². The summed E-state index contributed by atoms with van der Waals surface area (Å²) in [5.41, 5.74) is 5.05. The van der Waals surface area contributed by atoms with Crippen molar-refractivity contribution in [1.29, 1.82) is 0 Å². The molecule has 102 valence electrons. The van der Waals surface area contributed by atoms with Crippen molar-refractivity contribution in [2.45, 2.75) is 32.4 Å². The van der Waals surface area contributed by atoms with Crippen LogP contribution in [-0.2, 0) is 6.42 Å². The summed E-state index contributed by atoms with van der Waals surface area (Å²) in [5, 5.41) is 4.55. The summed E-state index contributed by atoms with van der Waals surface area (Å²) in [6.07, 6.45) is 2.78. The fourth-order valence-corrected chi connectivity index (χ4v) is 2.40. The Morgan fingerprint density at radius 1 is 1.37 bits per heavy atom. The first-order chi connectivity index (χ1) is 9.10. The Morgan fingerprint density at radius 3 is 2.74 bits per heavy atom. The Balaban J connectivity index is 2.14. The van der Waals surface area contributed by atoms with Crippen LogP contribution in [0.1, 0.15) is 37.2 Å². The van der Waals surface area contributed by atoms with Gasteiger partial charge in [-0.05, 0) is 37.6 Å². The Morgan fingerprint density at radius 2 is 2.16 bits per heavy atom. The minimum atomic E-state index is 0.0630. The zero-order chi connectivity index (χ0) is 13.8. The van der Waals surface area contributed by atoms with E-state index in [1.54, 1.807) is 0 Å². The van der Waals surface area contributed by atoms with Crippen molar-refractivity contribution in [3.8, 4) is 0 Å². The van der Waals surface area contributed by atoms with Crippen LogP contribution in [-0.4, -0.2) is 9.78 Å². The first-order valence-corrected chi connectivity index (χ1v) is 7.15. The van der Waals surface area contributed by atoms with E-state index in [1.165, 1.54) is 0 Å². The standard InChI is InChI=1S/C14H19BrN4/c1-10(2)19-7-6-13(18-19)9-14(17-16)11-4-3-5-12(15)8-11/h3-8,10,14,17H,9,16H2,1-2H3. The van der Waals surface area contributed by atoms with Crippen LogP contribution in [0, 0.1) is 0 Å². The lowest BCUT2D eigenvalue weighted by Gasteiger charge is -2.15. The van der Waals surface area contributed by atoms with Crippen molar-refractivity contribution in [2.75, 3.05) is 0 Å². The van der Waals surface area contributed by atoms with Crippen LogP contribution in [0.5, 0.6) is 0 Å². The number of nitrogens with zero attached hydrogens (tertiary/aromatic N) is 2. The highest BCUT2D eigenvalue weighted by molar-refractivity contribution is 9.10. The van der Waals surface area contributed by atoms with Crippen molar-refractivity contribution in [1.82, 2.24) is 15.2 Å². The second-order valence-corrected chi connectivity index (χ2v) is 5.77. The van der Waals surface area contributed by atoms with Gasteiger partial charge in [0.05, 0.1) is 11.7 Å². The van der Waals surface area contributed by atoms with Crippen LogP contribution in [0.2, 0.25) is 0 Å². The van der Waals surface area contributed by atoms with Crippen LogP contribution in [0.25, 0.3) is 0 Å². The second kappa shape index (κ2) is 6.32. The first kappa shape index (κ1) is 14.2. The molecule has 2 rings (SSSR count). The molecule has 1 aromatic heterocycles. The fraction of sp³-hybridized carbons (Fsp3) is 0.357. The van der Waals surface area contributed by atoms with Crippen molar-refractivity contribution in [2.24, 2.45) is 5.84 Å². The Kier molecular flexibility index (Phi) is 4.74. The molecular weight excluding hydrogens is 304 g/mol. The van der Waals surface area contributed by atoms with Gasteiger partial charge in [-0.15, -0.1) is 0 Å². The summed E-state index contributed by atoms with van der Waals surface area (Å²) in [6, 6.07) is 10.6. The quantitative estimate of drug-likeness (QED) is 0.657. The minimum absolute atomic E-state index is 0.0630. The number of rotatable bonds is 5. The lowest BCUT2D eigenvalue weighted by atomic mass is 10.0. The molecular formula is C14H19BrN4. The van der Waals surface area contributed by atoms with Gasteiger partial charge in [0.25, 0.3) is 0 Å². The highest BCUT2D eigenvalue weighted by Gasteiger charge is 2.13. The first-order valence-electron chi connectivity index (χ1n) is 6.35. The molecule has 5 heteroatoms. The van der Waals surface area contributed by atoms with E-state index in [9.17, 15) is 0 Å². The normalized spacial score (nSPS) is 12.9. The molecule has 0 spiro atoms. The molecule has 3 N–H and O–H groups in total. The molecule has 0 saturated carbocycles. The van der Waals surface area contributed by atoms with Crippen LogP contribution in [0.4, 0.5) is 0 Å². The average Bonchev–Trinajstić information content (AvgIpc) is 2.84. The summed E-state index contributed by atoms with van der Waals surface area (Å²) in [5.74, 6) is 5.67. The molecule has 4 nitrogen and oxygen atoms in total. The topological polar surface area (TPSA) is 55.9 Å². The summed E-state index contributed by atoms with van der Waals surface area (Å²) in [7, 11) is 0. The predicted molar refractivity (Wildman–Crippen MR) is 80.5 cm³/mol. The number of nitrogens with two attached hydrogens (primary N) is 1. The number of halogens is 1. The molecule has 1 heterocycles. The lowest BCUT2D eigenvalue weighted by molar-refractivity contribution is 0.507. The smallest absolute Gasteiger partial charge is 0.0644 e. The summed E-state index contributed by atoms with van der Waals surface area (Å²) in [6.45, 7) is 4.23. The molecule has 0 aliphatic carbocycles. The van der Waals surface area contributed by atoms with Gasteiger partial charge >= 0.3 is 0 Å². The van der Waals surface area contributed by atoms with Gasteiger partial charge < -0.3 is 0 Å². The maximum Gasteiger partial charge on any atom is 0.0644 e. The fourth-order valence-electron chi connectivity index (χ4n) is 1.98. The third-order valence-electron chi connectivity index (χ3n) is 3.06. The zero-order valence-corrected chi connectivity index (χ0v) is 12.8. The van der Waals surface area contributed by atoms with E-state index < -0.39 is 0 Å². The molecule has 1 aromatic carbocycles. The second-order valence-electron chi connectivity index (χ2n) is 4.86. The van der Waals surface area contributed by atoms with Gasteiger partial charge in [-0.2, -0.15) is 5.10 Å². The number of hydrogen-bond acceptors (Lipinski definition) is 3. The molecule has 0 aliphatic rings. The average molecular weight is 323 g/mol. The Hall–Kier alpha value is -1.17. The van der Waals surface area contributed by atoms with Crippen molar-refractivity contribution in [3.05, 3.63) is 52.3 Å². The summed E-state index contributed by atoms with van der Waals surface area (Å²) in [4.78, 5) is 0. The molecule has 19 heavy (non-hydrogen) atoms. The van der Waals surface area contributed by atoms with E-state index in [2.05, 4.69) is 52.4 Å². The van der Waals surface area contributed by atoms with Crippen molar-refractivity contribution < 1.29 is 0 Å². The Labute approximate surface area is 122 Å². The number of hydrogen-bond donors (Lipinski definition) is 2. The van der Waals surface area contributed by atoms with Gasteiger partial charge in [-0.3, -0.25) is 16.0 Å². The Bertz CT molecular complexity index is 536. The molecule has 0 saturated heterocycles. The third-order valence-corrected chi connectivity index (χ3v) is 3.55. The highest BCUT2D eigenvalue weighted by atomic mass is 79.9. The van der Waals surface area contributed by atoms with E-state index in [4.69, 9.17) is 5.84 Å². The SMILES string of the molecule is CC(C)n1ccc(CC(NN)c2cccc(Br)c2)n1. The maximum absolute atomic E-state index is 5.67. The largest absolute Gasteiger partial charge is 0.271 e. The molecule has 0 bridgehead atoms. The van der Waals surface area contributed by atoms with Crippen LogP contribution in [0.15, 0.2) is 41.0 Å². The molecule has 2 aromatic rings. The van der Waals surface area contributed by atoms with Gasteiger partial charge in [0, 0.05) is 23.1 Å². The van der Waals surface area contributed by atoms with E-state index in [0.717, 1.165) is 22.2 Å². The maximum atomic E-state index is 5.67. The van der Waals surface area contributed by atoms with E-state index >= 15 is 0 Å². The number of nitrogens with one attached hydrogen (secondary N) is 1. The van der Waals surface area contributed by atoms with Gasteiger partial charge in [0.1, 0.15) is 0 Å². The molecule has 0 radical (unpaired) electrons. The molecule has 1 unspecified atom stereocenters. The molecule has 0 fully saturated rings. The molecule has 1 atom stereocenters. The van der Waals surface area contributed by atoms with Gasteiger partial charge in [0.2, 0.25) is 0 Å². The van der Waals surface area contributed by atoms with Gasteiger partial charge in [0.15, 0.2) is 0 Å². The van der Waals surface area contributed by atoms with Crippen molar-refractivity contribution >= 4 is 15.9 Å². The van der Waals surface area contributed by atoms with E-state index in [-0.39, 0.29) is 6.04 Å². The third kappa shape index (κ3) is 3.65. The lowest BCUT2D eigenvalue weighted by Crippen LogP contribution is -2.29. The summed E-state index contributed by atoms with van der Waals surface area (Å²) >= 11 is 3.48. The molecule has 0 aliphatic heterocycles. The summed E-state index contributed by atoms with van der Waals surface area (Å²) < 4.78 is 3.02.